The molecular formula is C26H36N3O9-. The highest BCUT2D eigenvalue weighted by atomic mass is 16.5. The number of carboxylic acids is 1. The van der Waals surface area contributed by atoms with E-state index in [1.807, 2.05) is 0 Å². The average molecular weight is 535 g/mol. The van der Waals surface area contributed by atoms with Gasteiger partial charge < -0.3 is 46.3 Å². The summed E-state index contributed by atoms with van der Waals surface area (Å²) in [5, 5.41) is 48.2. The van der Waals surface area contributed by atoms with Crippen molar-refractivity contribution in [2.24, 2.45) is 11.1 Å². The molecule has 5 atom stereocenters. The summed E-state index contributed by atoms with van der Waals surface area (Å²) in [6.07, 6.45) is -1.72. The first-order chi connectivity index (χ1) is 17.9. The molecule has 0 unspecified atom stereocenters. The second kappa shape index (κ2) is 12.1. The number of benzene rings is 1. The molecule has 0 saturated heterocycles. The Hall–Kier alpha value is -3.22. The average Bonchev–Trinajstić information content (AvgIpc) is 3.28. The first-order valence-electron chi connectivity index (χ1n) is 12.7. The molecule has 7 N–H and O–H groups in total. The fourth-order valence-corrected chi connectivity index (χ4v) is 5.58. The highest BCUT2D eigenvalue weighted by Crippen LogP contribution is 2.44. The predicted molar refractivity (Wildman–Crippen MR) is 131 cm³/mol. The van der Waals surface area contributed by atoms with E-state index in [0.717, 1.165) is 12.8 Å². The van der Waals surface area contributed by atoms with Crippen LogP contribution in [0.3, 0.4) is 0 Å². The van der Waals surface area contributed by atoms with E-state index < -0.39 is 71.8 Å². The number of carbonyl (C=O) groups is 4. The van der Waals surface area contributed by atoms with E-state index >= 15 is 0 Å². The SMILES string of the molecule is COc1ccc(C[C@H](NC(=O)[C@@]2(O)C[C@@H](O)[C@H](O)[C@@H](NC(=O)CC3(CC(=O)[O-])CCCC3)C2)C(N)=O)cc1. The third-order valence-electron chi connectivity index (χ3n) is 7.65. The van der Waals surface area contributed by atoms with Crippen molar-refractivity contribution in [1.82, 2.24) is 10.6 Å². The van der Waals surface area contributed by atoms with E-state index in [2.05, 4.69) is 10.6 Å². The lowest BCUT2D eigenvalue weighted by Gasteiger charge is -2.42. The zero-order valence-electron chi connectivity index (χ0n) is 21.4. The zero-order chi connectivity index (χ0) is 28.1. The van der Waals surface area contributed by atoms with Gasteiger partial charge in [-0.2, -0.15) is 0 Å². The van der Waals surface area contributed by atoms with Crippen LogP contribution in [0.2, 0.25) is 0 Å². The molecule has 0 aliphatic heterocycles. The molecule has 12 nitrogen and oxygen atoms in total. The Morgan fingerprint density at radius 1 is 1.11 bits per heavy atom. The Bertz CT molecular complexity index is 1030. The third kappa shape index (κ3) is 7.21. The van der Waals surface area contributed by atoms with Crippen LogP contribution in [0, 0.1) is 5.41 Å². The van der Waals surface area contributed by atoms with E-state index in [9.17, 15) is 39.6 Å². The first kappa shape index (κ1) is 29.3. The molecule has 3 amide bonds. The monoisotopic (exact) mass is 534 g/mol. The van der Waals surface area contributed by atoms with Crippen molar-refractivity contribution in [3.63, 3.8) is 0 Å². The maximum atomic E-state index is 13.1. The summed E-state index contributed by atoms with van der Waals surface area (Å²) in [6.45, 7) is 0. The fourth-order valence-electron chi connectivity index (χ4n) is 5.58. The molecule has 0 radical (unpaired) electrons. The van der Waals surface area contributed by atoms with E-state index in [4.69, 9.17) is 10.5 Å². The van der Waals surface area contributed by atoms with Gasteiger partial charge in [0, 0.05) is 31.7 Å². The van der Waals surface area contributed by atoms with Crippen LogP contribution in [0.5, 0.6) is 5.75 Å². The van der Waals surface area contributed by atoms with Gasteiger partial charge >= 0.3 is 0 Å². The number of carboxylic acid groups (broad SMARTS) is 1. The van der Waals surface area contributed by atoms with Gasteiger partial charge in [0.25, 0.3) is 5.91 Å². The van der Waals surface area contributed by atoms with Gasteiger partial charge in [0.1, 0.15) is 23.5 Å². The summed E-state index contributed by atoms with van der Waals surface area (Å²) < 4.78 is 5.10. The van der Waals surface area contributed by atoms with Gasteiger partial charge in [-0.15, -0.1) is 0 Å². The lowest BCUT2D eigenvalue weighted by Crippen LogP contribution is -2.64. The van der Waals surface area contributed by atoms with Gasteiger partial charge in [0.15, 0.2) is 0 Å². The molecule has 1 aromatic rings. The van der Waals surface area contributed by atoms with Gasteiger partial charge in [-0.1, -0.05) is 25.0 Å². The van der Waals surface area contributed by atoms with E-state index in [0.29, 0.717) is 24.2 Å². The van der Waals surface area contributed by atoms with Crippen molar-refractivity contribution in [2.75, 3.05) is 7.11 Å². The number of hydrogen-bond acceptors (Lipinski definition) is 9. The molecule has 210 valence electrons. The van der Waals surface area contributed by atoms with Crippen LogP contribution in [-0.4, -0.2) is 76.0 Å². The summed E-state index contributed by atoms with van der Waals surface area (Å²) in [7, 11) is 1.51. The van der Waals surface area contributed by atoms with Gasteiger partial charge in [-0.3, -0.25) is 14.4 Å². The fraction of sp³-hybridized carbons (Fsp3) is 0.615. The molecular weight excluding hydrogens is 498 g/mol. The van der Waals surface area contributed by atoms with Crippen molar-refractivity contribution < 1.29 is 44.3 Å². The first-order valence-corrected chi connectivity index (χ1v) is 12.7. The second-order valence-electron chi connectivity index (χ2n) is 10.6. The molecule has 0 aromatic heterocycles. The van der Waals surface area contributed by atoms with E-state index in [1.54, 1.807) is 24.3 Å². The quantitative estimate of drug-likeness (QED) is 0.186. The lowest BCUT2D eigenvalue weighted by atomic mass is 9.76. The Morgan fingerprint density at radius 3 is 2.29 bits per heavy atom. The minimum absolute atomic E-state index is 0.0347. The number of aliphatic hydroxyl groups excluding tert-OH is 2. The molecule has 2 fully saturated rings. The Balaban J connectivity index is 1.68. The molecule has 0 bridgehead atoms. The minimum Gasteiger partial charge on any atom is -0.550 e. The molecule has 0 spiro atoms. The van der Waals surface area contributed by atoms with Gasteiger partial charge in [0.05, 0.1) is 19.3 Å². The molecule has 3 rings (SSSR count). The molecule has 1 aromatic carbocycles. The van der Waals surface area contributed by atoms with Crippen LogP contribution in [0.1, 0.15) is 56.9 Å². The standard InChI is InChI=1S/C26H37N3O9/c1-38-16-6-4-15(5-7-16)10-17(23(27)35)29-24(36)26(37)11-18(22(34)19(30)12-26)28-20(31)13-25(14-21(32)33)8-2-3-9-25/h4-7,17-19,22,30,34,37H,2-3,8-14H2,1H3,(H2,27,35)(H,28,31)(H,29,36)(H,32,33)/p-1/t17-,18-,19+,22+,26-/m0/s1. The number of amides is 3. The second-order valence-corrected chi connectivity index (χ2v) is 10.6. The van der Waals surface area contributed by atoms with Crippen molar-refractivity contribution in [2.45, 2.75) is 87.7 Å². The molecule has 0 heterocycles. The largest absolute Gasteiger partial charge is 0.550 e. The summed E-state index contributed by atoms with van der Waals surface area (Å²) in [5.74, 6) is -3.04. The van der Waals surface area contributed by atoms with Crippen LogP contribution in [0.25, 0.3) is 0 Å². The number of hydrogen-bond donors (Lipinski definition) is 6. The number of rotatable bonds is 11. The molecule has 38 heavy (non-hydrogen) atoms. The van der Waals surface area contributed by atoms with Gasteiger partial charge in [-0.25, -0.2) is 0 Å². The Kier molecular flexibility index (Phi) is 9.34. The molecule has 2 saturated carbocycles. The van der Waals surface area contributed by atoms with Crippen molar-refractivity contribution in [1.29, 1.82) is 0 Å². The maximum absolute atomic E-state index is 13.1. The van der Waals surface area contributed by atoms with Crippen LogP contribution in [0.4, 0.5) is 0 Å². The van der Waals surface area contributed by atoms with Crippen molar-refractivity contribution in [3.8, 4) is 5.75 Å². The number of methoxy groups -OCH3 is 1. The minimum atomic E-state index is -2.22. The number of ether oxygens (including phenoxy) is 1. The summed E-state index contributed by atoms with van der Waals surface area (Å²) >= 11 is 0. The van der Waals surface area contributed by atoms with Crippen molar-refractivity contribution in [3.05, 3.63) is 29.8 Å². The van der Waals surface area contributed by atoms with Crippen LogP contribution < -0.4 is 26.2 Å². The Labute approximate surface area is 220 Å². The number of aliphatic carboxylic acids is 1. The van der Waals surface area contributed by atoms with E-state index in [-0.39, 0.29) is 19.3 Å². The normalized spacial score (nSPS) is 27.2. The highest BCUT2D eigenvalue weighted by Gasteiger charge is 2.50. The van der Waals surface area contributed by atoms with Gasteiger partial charge in [-0.05, 0) is 42.4 Å². The zero-order valence-corrected chi connectivity index (χ0v) is 21.4. The molecule has 12 heteroatoms. The smallest absolute Gasteiger partial charge is 0.252 e. The highest BCUT2D eigenvalue weighted by molar-refractivity contribution is 5.91. The summed E-state index contributed by atoms with van der Waals surface area (Å²) in [6, 6.07) is 4.37. The lowest BCUT2D eigenvalue weighted by molar-refractivity contribution is -0.308. The van der Waals surface area contributed by atoms with Crippen molar-refractivity contribution >= 4 is 23.7 Å². The predicted octanol–water partition coefficient (Wildman–Crippen LogP) is -1.97. The molecule has 2 aliphatic carbocycles. The number of nitrogens with one attached hydrogen (secondary N) is 2. The number of carbonyl (C=O) groups excluding carboxylic acids is 4. The van der Waals surface area contributed by atoms with Crippen LogP contribution >= 0.6 is 0 Å². The van der Waals surface area contributed by atoms with Gasteiger partial charge in [0.2, 0.25) is 11.8 Å². The number of aliphatic hydroxyl groups is 3. The van der Waals surface area contributed by atoms with Crippen LogP contribution in [-0.2, 0) is 25.6 Å². The topological polar surface area (TPSA) is 211 Å². The number of primary amides is 1. The maximum Gasteiger partial charge on any atom is 0.252 e. The summed E-state index contributed by atoms with van der Waals surface area (Å²) in [5.41, 5.74) is 3.17. The van der Waals surface area contributed by atoms with E-state index in [1.165, 1.54) is 7.11 Å². The molecule has 2 aliphatic rings. The summed E-state index contributed by atoms with van der Waals surface area (Å²) in [4.78, 5) is 49.2. The Morgan fingerprint density at radius 2 is 1.74 bits per heavy atom. The third-order valence-corrected chi connectivity index (χ3v) is 7.65. The van der Waals surface area contributed by atoms with Crippen LogP contribution in [0.15, 0.2) is 24.3 Å². The number of nitrogens with two attached hydrogens (primary N) is 1.